The second-order valence-corrected chi connectivity index (χ2v) is 7.89. The van der Waals surface area contributed by atoms with Crippen LogP contribution in [-0.2, 0) is 9.59 Å². The van der Waals surface area contributed by atoms with Crippen LogP contribution in [0.3, 0.4) is 0 Å². The van der Waals surface area contributed by atoms with Crippen molar-refractivity contribution in [3.8, 4) is 11.5 Å². The highest BCUT2D eigenvalue weighted by Crippen LogP contribution is 2.38. The van der Waals surface area contributed by atoms with Gasteiger partial charge in [0.15, 0.2) is 0 Å². The van der Waals surface area contributed by atoms with Crippen LogP contribution in [0.15, 0.2) is 78.5 Å². The summed E-state index contributed by atoms with van der Waals surface area (Å²) in [4.78, 5) is 30.5. The van der Waals surface area contributed by atoms with Crippen LogP contribution in [0.5, 0.6) is 11.5 Å². The van der Waals surface area contributed by atoms with E-state index < -0.39 is 11.8 Å². The molecule has 0 radical (unpaired) electrons. The van der Waals surface area contributed by atoms with Crippen molar-refractivity contribution in [1.29, 1.82) is 0 Å². The molecule has 0 aromatic heterocycles. The molecule has 34 heavy (non-hydrogen) atoms. The molecule has 1 heterocycles. The van der Waals surface area contributed by atoms with Gasteiger partial charge < -0.3 is 19.7 Å². The molecule has 0 spiro atoms. The van der Waals surface area contributed by atoms with Gasteiger partial charge in [0.05, 0.1) is 25.0 Å². The van der Waals surface area contributed by atoms with Crippen LogP contribution in [0.2, 0.25) is 0 Å². The molecule has 0 bridgehead atoms. The number of hydrogen-bond donors (Lipinski definition) is 1. The average molecular weight is 458 g/mol. The summed E-state index contributed by atoms with van der Waals surface area (Å²) >= 11 is 0. The maximum atomic E-state index is 13.7. The van der Waals surface area contributed by atoms with Gasteiger partial charge in [-0.15, -0.1) is 0 Å². The number of nitrogens with zero attached hydrogens (tertiary/aromatic N) is 2. The number of anilines is 3. The van der Waals surface area contributed by atoms with Crippen LogP contribution in [0.25, 0.3) is 5.57 Å². The lowest BCUT2D eigenvalue weighted by atomic mass is 10.0. The second kappa shape index (κ2) is 9.70. The van der Waals surface area contributed by atoms with Gasteiger partial charge in [-0.1, -0.05) is 24.3 Å². The molecule has 4 rings (SSSR count). The topological polar surface area (TPSA) is 71.1 Å². The Kier molecular flexibility index (Phi) is 6.54. The fourth-order valence-electron chi connectivity index (χ4n) is 3.86. The van der Waals surface area contributed by atoms with Gasteiger partial charge in [-0.05, 0) is 49.4 Å². The predicted molar refractivity (Wildman–Crippen MR) is 134 cm³/mol. The zero-order chi connectivity index (χ0) is 24.2. The molecule has 0 atom stereocenters. The van der Waals surface area contributed by atoms with E-state index in [1.165, 1.54) is 12.0 Å². The van der Waals surface area contributed by atoms with Crippen molar-refractivity contribution in [3.05, 3.63) is 84.1 Å². The van der Waals surface area contributed by atoms with E-state index in [1.807, 2.05) is 68.4 Å². The third kappa shape index (κ3) is 4.32. The summed E-state index contributed by atoms with van der Waals surface area (Å²) in [5.41, 5.74) is 3.07. The SMILES string of the molecule is CCOc1cccc(NC2=C(c3ccccc3OC)C(=O)N(c3ccc(N(C)C)cc3)C2=O)c1. The molecule has 1 N–H and O–H groups in total. The summed E-state index contributed by atoms with van der Waals surface area (Å²) in [6, 6.07) is 21.7. The van der Waals surface area contributed by atoms with Gasteiger partial charge in [0.2, 0.25) is 0 Å². The van der Waals surface area contributed by atoms with Gasteiger partial charge in [-0.3, -0.25) is 9.59 Å². The Morgan fingerprint density at radius 1 is 0.912 bits per heavy atom. The molecule has 3 aromatic carbocycles. The Morgan fingerprint density at radius 3 is 2.32 bits per heavy atom. The lowest BCUT2D eigenvalue weighted by Crippen LogP contribution is -2.32. The van der Waals surface area contributed by atoms with E-state index in [0.29, 0.717) is 35.0 Å². The molecule has 0 saturated heterocycles. The van der Waals surface area contributed by atoms with Gasteiger partial charge >= 0.3 is 0 Å². The number of rotatable bonds is 8. The molecule has 0 saturated carbocycles. The highest BCUT2D eigenvalue weighted by Gasteiger charge is 2.41. The van der Waals surface area contributed by atoms with E-state index in [1.54, 1.807) is 30.3 Å². The van der Waals surface area contributed by atoms with Crippen LogP contribution >= 0.6 is 0 Å². The number of hydrogen-bond acceptors (Lipinski definition) is 6. The number of para-hydroxylation sites is 1. The lowest BCUT2D eigenvalue weighted by molar-refractivity contribution is -0.120. The molecule has 3 aromatic rings. The zero-order valence-electron chi connectivity index (χ0n) is 19.7. The number of imide groups is 1. The summed E-state index contributed by atoms with van der Waals surface area (Å²) in [7, 11) is 5.40. The average Bonchev–Trinajstić information content (AvgIpc) is 3.08. The third-order valence-electron chi connectivity index (χ3n) is 5.50. The summed E-state index contributed by atoms with van der Waals surface area (Å²) in [5.74, 6) is 0.312. The number of carbonyl (C=O) groups is 2. The summed E-state index contributed by atoms with van der Waals surface area (Å²) in [5, 5.41) is 3.17. The Labute approximate surface area is 199 Å². The summed E-state index contributed by atoms with van der Waals surface area (Å²) in [6.07, 6.45) is 0. The van der Waals surface area contributed by atoms with Crippen molar-refractivity contribution < 1.29 is 19.1 Å². The van der Waals surface area contributed by atoms with E-state index in [9.17, 15) is 9.59 Å². The Hall–Kier alpha value is -4.26. The van der Waals surface area contributed by atoms with Crippen molar-refractivity contribution in [2.24, 2.45) is 0 Å². The van der Waals surface area contributed by atoms with E-state index in [0.717, 1.165) is 5.69 Å². The monoisotopic (exact) mass is 457 g/mol. The molecular weight excluding hydrogens is 430 g/mol. The zero-order valence-corrected chi connectivity index (χ0v) is 19.7. The first-order chi connectivity index (χ1) is 16.4. The molecule has 174 valence electrons. The Bertz CT molecular complexity index is 1250. The number of amides is 2. The van der Waals surface area contributed by atoms with Crippen molar-refractivity contribution in [1.82, 2.24) is 0 Å². The molecule has 1 aliphatic heterocycles. The molecule has 0 unspecified atom stereocenters. The van der Waals surface area contributed by atoms with Crippen LogP contribution < -0.4 is 24.6 Å². The van der Waals surface area contributed by atoms with Gasteiger partial charge in [-0.2, -0.15) is 0 Å². The van der Waals surface area contributed by atoms with Crippen LogP contribution in [0.4, 0.5) is 17.1 Å². The number of nitrogens with one attached hydrogen (secondary N) is 1. The van der Waals surface area contributed by atoms with E-state index >= 15 is 0 Å². The minimum absolute atomic E-state index is 0.180. The Balaban J connectivity index is 1.80. The van der Waals surface area contributed by atoms with E-state index in [4.69, 9.17) is 9.47 Å². The van der Waals surface area contributed by atoms with Crippen molar-refractivity contribution >= 4 is 34.4 Å². The number of carbonyl (C=O) groups excluding carboxylic acids is 2. The minimum atomic E-state index is -0.440. The molecule has 2 amide bonds. The van der Waals surface area contributed by atoms with Gasteiger partial charge in [0.25, 0.3) is 11.8 Å². The van der Waals surface area contributed by atoms with Crippen LogP contribution in [-0.4, -0.2) is 39.6 Å². The number of methoxy groups -OCH3 is 1. The van der Waals surface area contributed by atoms with Gasteiger partial charge in [-0.25, -0.2) is 4.90 Å². The maximum Gasteiger partial charge on any atom is 0.282 e. The lowest BCUT2D eigenvalue weighted by Gasteiger charge is -2.18. The van der Waals surface area contributed by atoms with Gasteiger partial charge in [0.1, 0.15) is 17.2 Å². The predicted octanol–water partition coefficient (Wildman–Crippen LogP) is 4.56. The second-order valence-electron chi connectivity index (χ2n) is 7.89. The normalized spacial score (nSPS) is 13.4. The van der Waals surface area contributed by atoms with E-state index in [2.05, 4.69) is 5.32 Å². The number of benzene rings is 3. The summed E-state index contributed by atoms with van der Waals surface area (Å²) in [6.45, 7) is 2.42. The fourth-order valence-corrected chi connectivity index (χ4v) is 3.86. The van der Waals surface area contributed by atoms with Gasteiger partial charge in [0, 0.05) is 37.1 Å². The third-order valence-corrected chi connectivity index (χ3v) is 5.50. The fraction of sp³-hybridized carbons (Fsp3) is 0.185. The first-order valence-corrected chi connectivity index (χ1v) is 11.0. The smallest absolute Gasteiger partial charge is 0.282 e. The minimum Gasteiger partial charge on any atom is -0.496 e. The van der Waals surface area contributed by atoms with E-state index in [-0.39, 0.29) is 11.3 Å². The molecule has 0 fully saturated rings. The molecule has 1 aliphatic rings. The van der Waals surface area contributed by atoms with Crippen LogP contribution in [0, 0.1) is 0 Å². The first kappa shape index (κ1) is 22.9. The standard InChI is InChI=1S/C27H27N3O4/c1-5-34-21-10-8-9-18(17-21)28-25-24(22-11-6-7-12-23(22)33-4)26(31)30(27(25)32)20-15-13-19(14-16-20)29(2)3/h6-17,28H,5H2,1-4H3. The highest BCUT2D eigenvalue weighted by molar-refractivity contribution is 6.46. The quantitative estimate of drug-likeness (QED) is 0.500. The van der Waals surface area contributed by atoms with Crippen molar-refractivity contribution in [2.75, 3.05) is 42.9 Å². The summed E-state index contributed by atoms with van der Waals surface area (Å²) < 4.78 is 11.1. The van der Waals surface area contributed by atoms with Crippen molar-refractivity contribution in [3.63, 3.8) is 0 Å². The molecule has 7 heteroatoms. The largest absolute Gasteiger partial charge is 0.496 e. The first-order valence-electron chi connectivity index (χ1n) is 11.0. The van der Waals surface area contributed by atoms with Crippen LogP contribution in [0.1, 0.15) is 12.5 Å². The number of ether oxygens (including phenoxy) is 2. The maximum absolute atomic E-state index is 13.7. The molecule has 0 aliphatic carbocycles. The molecular formula is C27H27N3O4. The molecule has 7 nitrogen and oxygen atoms in total. The van der Waals surface area contributed by atoms with Crippen molar-refractivity contribution in [2.45, 2.75) is 6.92 Å². The Morgan fingerprint density at radius 2 is 1.65 bits per heavy atom. The highest BCUT2D eigenvalue weighted by atomic mass is 16.5.